The standard InChI is InChI=1S/C45H68ClNO6/c1-11-31-19-21-44(9)35(42(31,7)20-18-29(4)53-37(50)25-41(5,6)40(51)52)17-16-32-39-38(28(2)3)34(48)24-45(39,23-22-43(32,44)8)36(49)27-47(10)26-30-14-12-13-15-33(30)46/h12-15,28-29,31-32,35-36,49H,11,16-27H2,1-10H3,(H,51,52)/t29?,31?,32?,35?,36?,42?,43-,44?,45?/m1/s1. The number of Topliss-reactive ketones (excluding diaryl/α,β-unsaturated/α-hetero) is 1. The maximum absolute atomic E-state index is 14.1. The third kappa shape index (κ3) is 7.42. The highest BCUT2D eigenvalue weighted by molar-refractivity contribution is 6.31. The SMILES string of the molecule is CCC1CCC2(C)C(CCC3C4=C(C(C)C)C(=O)CC4(C(O)CN(C)Cc4ccccc4Cl)CC[C@]32C)C1(C)CCC(C)OC(=O)CC(C)(C)C(=O)O. The predicted octanol–water partition coefficient (Wildman–Crippen LogP) is 9.92. The molecule has 3 saturated carbocycles. The molecule has 53 heavy (non-hydrogen) atoms. The topological polar surface area (TPSA) is 104 Å². The Labute approximate surface area is 324 Å². The highest BCUT2D eigenvalue weighted by Gasteiger charge is 2.68. The largest absolute Gasteiger partial charge is 0.481 e. The fourth-order valence-electron chi connectivity index (χ4n) is 12.3. The average Bonchev–Trinajstić information content (AvgIpc) is 3.38. The van der Waals surface area contributed by atoms with Crippen LogP contribution in [0.4, 0.5) is 0 Å². The van der Waals surface area contributed by atoms with Gasteiger partial charge in [-0.15, -0.1) is 0 Å². The van der Waals surface area contributed by atoms with Gasteiger partial charge in [0.2, 0.25) is 0 Å². The monoisotopic (exact) mass is 753 g/mol. The van der Waals surface area contributed by atoms with Crippen molar-refractivity contribution in [2.24, 2.45) is 50.7 Å². The Morgan fingerprint density at radius 3 is 2.34 bits per heavy atom. The maximum atomic E-state index is 14.1. The molecule has 3 fully saturated rings. The van der Waals surface area contributed by atoms with E-state index in [9.17, 15) is 24.6 Å². The molecule has 1 aromatic rings. The minimum Gasteiger partial charge on any atom is -0.481 e. The number of carbonyl (C=O) groups excluding carboxylic acids is 2. The van der Waals surface area contributed by atoms with Gasteiger partial charge in [0.25, 0.3) is 0 Å². The van der Waals surface area contributed by atoms with Crippen molar-refractivity contribution in [1.82, 2.24) is 4.90 Å². The minimum absolute atomic E-state index is 0.0246. The quantitative estimate of drug-likeness (QED) is 0.182. The van der Waals surface area contributed by atoms with Crippen LogP contribution in [0.3, 0.4) is 0 Å². The molecule has 9 atom stereocenters. The van der Waals surface area contributed by atoms with Gasteiger partial charge < -0.3 is 14.9 Å². The number of ether oxygens (including phenoxy) is 1. The molecule has 296 valence electrons. The number of halogens is 1. The zero-order valence-corrected chi connectivity index (χ0v) is 35.1. The Kier molecular flexibility index (Phi) is 12.2. The summed E-state index contributed by atoms with van der Waals surface area (Å²) in [5.74, 6) is 0.159. The molecule has 4 aliphatic rings. The molecule has 0 aliphatic heterocycles. The number of nitrogens with zero attached hydrogens (tertiary/aromatic N) is 1. The second-order valence-electron chi connectivity index (χ2n) is 19.4. The molecule has 4 aliphatic carbocycles. The molecule has 0 bridgehead atoms. The van der Waals surface area contributed by atoms with Gasteiger partial charge in [-0.2, -0.15) is 0 Å². The summed E-state index contributed by atoms with van der Waals surface area (Å²) in [6.45, 7) is 20.4. The summed E-state index contributed by atoms with van der Waals surface area (Å²) in [5, 5.41) is 22.6. The Bertz CT molecular complexity index is 1590. The van der Waals surface area contributed by atoms with Crippen molar-refractivity contribution in [3.05, 3.63) is 46.0 Å². The van der Waals surface area contributed by atoms with Gasteiger partial charge in [0, 0.05) is 29.9 Å². The van der Waals surface area contributed by atoms with Gasteiger partial charge in [0.05, 0.1) is 24.0 Å². The Hall–Kier alpha value is -2.22. The summed E-state index contributed by atoms with van der Waals surface area (Å²) in [6.07, 6.45) is 8.30. The highest BCUT2D eigenvalue weighted by Crippen LogP contribution is 2.75. The lowest BCUT2D eigenvalue weighted by Gasteiger charge is -2.70. The smallest absolute Gasteiger partial charge is 0.309 e. The number of benzene rings is 1. The number of rotatable bonds is 14. The van der Waals surface area contributed by atoms with Crippen molar-refractivity contribution in [3.8, 4) is 0 Å². The molecule has 0 aromatic heterocycles. The summed E-state index contributed by atoms with van der Waals surface area (Å²) in [5.41, 5.74) is 1.67. The first-order valence-electron chi connectivity index (χ1n) is 20.5. The number of ketones is 1. The van der Waals surface area contributed by atoms with E-state index in [0.29, 0.717) is 31.3 Å². The van der Waals surface area contributed by atoms with Crippen molar-refractivity contribution >= 4 is 29.3 Å². The molecule has 2 N–H and O–H groups in total. The van der Waals surface area contributed by atoms with E-state index in [2.05, 4.69) is 46.4 Å². The molecular formula is C45H68ClNO6. The van der Waals surface area contributed by atoms with Gasteiger partial charge in [0.15, 0.2) is 5.78 Å². The molecule has 7 nitrogen and oxygen atoms in total. The van der Waals surface area contributed by atoms with Crippen molar-refractivity contribution < 1.29 is 29.3 Å². The minimum atomic E-state index is -1.16. The van der Waals surface area contributed by atoms with Gasteiger partial charge in [0.1, 0.15) is 0 Å². The van der Waals surface area contributed by atoms with Crippen molar-refractivity contribution in [2.75, 3.05) is 13.6 Å². The Morgan fingerprint density at radius 1 is 1.04 bits per heavy atom. The summed E-state index contributed by atoms with van der Waals surface area (Å²) >= 11 is 6.52. The molecule has 0 radical (unpaired) electrons. The number of aliphatic hydroxyl groups excluding tert-OH is 1. The number of aliphatic hydroxyl groups is 1. The van der Waals surface area contributed by atoms with Crippen LogP contribution in [-0.4, -0.2) is 58.6 Å². The van der Waals surface area contributed by atoms with Crippen LogP contribution in [0, 0.1) is 50.7 Å². The van der Waals surface area contributed by atoms with E-state index in [4.69, 9.17) is 16.3 Å². The van der Waals surface area contributed by atoms with Gasteiger partial charge in [-0.3, -0.25) is 19.3 Å². The van der Waals surface area contributed by atoms with Crippen LogP contribution in [0.15, 0.2) is 35.4 Å². The zero-order valence-electron chi connectivity index (χ0n) is 34.3. The molecule has 0 saturated heterocycles. The van der Waals surface area contributed by atoms with E-state index in [-0.39, 0.29) is 46.4 Å². The molecule has 1 aromatic carbocycles. The van der Waals surface area contributed by atoms with Crippen LogP contribution in [0.25, 0.3) is 0 Å². The first kappa shape index (κ1) is 41.9. The number of carbonyl (C=O) groups is 3. The molecule has 0 amide bonds. The van der Waals surface area contributed by atoms with Crippen molar-refractivity contribution in [1.29, 1.82) is 0 Å². The van der Waals surface area contributed by atoms with Crippen LogP contribution in [0.2, 0.25) is 5.02 Å². The van der Waals surface area contributed by atoms with Crippen molar-refractivity contribution in [2.45, 2.75) is 152 Å². The van der Waals surface area contributed by atoms with E-state index < -0.39 is 28.9 Å². The summed E-state index contributed by atoms with van der Waals surface area (Å²) in [7, 11) is 2.04. The molecule has 8 heteroatoms. The van der Waals surface area contributed by atoms with Crippen LogP contribution < -0.4 is 0 Å². The molecule has 5 rings (SSSR count). The van der Waals surface area contributed by atoms with Gasteiger partial charge in [-0.1, -0.05) is 83.3 Å². The predicted molar refractivity (Wildman–Crippen MR) is 211 cm³/mol. The second-order valence-corrected chi connectivity index (χ2v) is 19.8. The molecule has 0 heterocycles. The number of allylic oxidation sites excluding steroid dienone is 1. The van der Waals surface area contributed by atoms with E-state index in [0.717, 1.165) is 73.9 Å². The molecular weight excluding hydrogens is 686 g/mol. The summed E-state index contributed by atoms with van der Waals surface area (Å²) < 4.78 is 5.83. The molecule has 0 spiro atoms. The maximum Gasteiger partial charge on any atom is 0.309 e. The van der Waals surface area contributed by atoms with Gasteiger partial charge in [-0.25, -0.2) is 0 Å². The number of carboxylic acid groups (broad SMARTS) is 1. The number of esters is 1. The third-order valence-electron chi connectivity index (χ3n) is 15.5. The van der Waals surface area contributed by atoms with Crippen LogP contribution in [0.5, 0.6) is 0 Å². The summed E-state index contributed by atoms with van der Waals surface area (Å²) in [6, 6.07) is 7.87. The molecule has 8 unspecified atom stereocenters. The number of carboxylic acids is 1. The fraction of sp³-hybridized carbons (Fsp3) is 0.756. The fourth-order valence-corrected chi connectivity index (χ4v) is 12.5. The van der Waals surface area contributed by atoms with Gasteiger partial charge >= 0.3 is 11.9 Å². The number of likely N-dealkylation sites (N-methyl/N-ethyl adjacent to an activating group) is 1. The lowest BCUT2D eigenvalue weighted by atomic mass is 9.35. The lowest BCUT2D eigenvalue weighted by molar-refractivity contribution is -0.194. The first-order chi connectivity index (χ1) is 24.7. The summed E-state index contributed by atoms with van der Waals surface area (Å²) in [4.78, 5) is 40.7. The van der Waals surface area contributed by atoms with E-state index in [1.165, 1.54) is 5.57 Å². The number of aliphatic carboxylic acids is 1. The number of fused-ring (bicyclic) bond motifs is 5. The first-order valence-corrected chi connectivity index (χ1v) is 20.8. The van der Waals surface area contributed by atoms with Gasteiger partial charge in [-0.05, 0) is 136 Å². The van der Waals surface area contributed by atoms with Crippen molar-refractivity contribution in [3.63, 3.8) is 0 Å². The Morgan fingerprint density at radius 2 is 1.72 bits per heavy atom. The van der Waals surface area contributed by atoms with Crippen LogP contribution in [0.1, 0.15) is 139 Å². The third-order valence-corrected chi connectivity index (χ3v) is 15.9. The van der Waals surface area contributed by atoms with E-state index in [1.54, 1.807) is 13.8 Å². The lowest BCUT2D eigenvalue weighted by Crippen LogP contribution is -2.63. The highest BCUT2D eigenvalue weighted by atomic mass is 35.5. The van der Waals surface area contributed by atoms with Crippen LogP contribution >= 0.6 is 11.6 Å². The zero-order chi connectivity index (χ0) is 39.3. The number of hydrogen-bond donors (Lipinski definition) is 2. The normalized spacial score (nSPS) is 34.1. The van der Waals surface area contributed by atoms with Crippen LogP contribution in [-0.2, 0) is 25.7 Å². The Balaban J connectivity index is 1.41. The van der Waals surface area contributed by atoms with E-state index >= 15 is 0 Å². The van der Waals surface area contributed by atoms with E-state index in [1.807, 2.05) is 38.2 Å². The average molecular weight is 754 g/mol. The second kappa shape index (κ2) is 15.4. The number of hydrogen-bond acceptors (Lipinski definition) is 6.